The highest BCUT2D eigenvalue weighted by Crippen LogP contribution is 2.02. The van der Waals surface area contributed by atoms with E-state index in [1.807, 2.05) is 5.01 Å². The molecule has 1 fully saturated rings. The number of hydrazine groups is 1. The molecule has 7 heteroatoms. The molecule has 7 nitrogen and oxygen atoms in total. The van der Waals surface area contributed by atoms with Crippen molar-refractivity contribution >= 4 is 11.7 Å². The van der Waals surface area contributed by atoms with E-state index in [1.54, 1.807) is 6.20 Å². The van der Waals surface area contributed by atoms with E-state index in [9.17, 15) is 4.79 Å². The van der Waals surface area contributed by atoms with Gasteiger partial charge in [-0.15, -0.1) is 0 Å². The number of piperazine rings is 1. The lowest BCUT2D eigenvalue weighted by molar-refractivity contribution is 0.0657. The Labute approximate surface area is 119 Å². The minimum Gasteiger partial charge on any atom is -0.369 e. The molecule has 0 atom stereocenters. The summed E-state index contributed by atoms with van der Waals surface area (Å²) in [6.45, 7) is 6.48. The Balaban J connectivity index is 1.85. The molecule has 110 valence electrons. The van der Waals surface area contributed by atoms with Gasteiger partial charge in [-0.1, -0.05) is 6.92 Å². The summed E-state index contributed by atoms with van der Waals surface area (Å²) in [5.74, 6) is 0.493. The van der Waals surface area contributed by atoms with Crippen LogP contribution in [0.15, 0.2) is 12.4 Å². The average Bonchev–Trinajstić information content (AvgIpc) is 2.48. The van der Waals surface area contributed by atoms with Crippen LogP contribution in [0.3, 0.4) is 0 Å². The molecule has 2 heterocycles. The Bertz CT molecular complexity index is 427. The van der Waals surface area contributed by atoms with Gasteiger partial charge in [-0.3, -0.25) is 10.2 Å². The summed E-state index contributed by atoms with van der Waals surface area (Å²) in [4.78, 5) is 22.6. The number of aromatic nitrogens is 2. The number of carbonyl (C=O) groups excluding carboxylic acids is 1. The summed E-state index contributed by atoms with van der Waals surface area (Å²) in [5.41, 5.74) is 3.20. The molecule has 2 N–H and O–H groups in total. The van der Waals surface area contributed by atoms with Crippen molar-refractivity contribution in [3.05, 3.63) is 18.1 Å². The van der Waals surface area contributed by atoms with Gasteiger partial charge < -0.3 is 10.2 Å². The van der Waals surface area contributed by atoms with E-state index in [0.717, 1.165) is 39.1 Å². The van der Waals surface area contributed by atoms with Crippen molar-refractivity contribution in [2.75, 3.05) is 45.1 Å². The molecule has 0 spiro atoms. The zero-order valence-corrected chi connectivity index (χ0v) is 12.1. The summed E-state index contributed by atoms with van der Waals surface area (Å²) in [6, 6.07) is 0. The van der Waals surface area contributed by atoms with Crippen LogP contribution in [0.25, 0.3) is 0 Å². The first kappa shape index (κ1) is 14.7. The van der Waals surface area contributed by atoms with Gasteiger partial charge in [-0.05, 0) is 13.5 Å². The molecule has 1 aromatic heterocycles. The molecule has 1 aromatic rings. The molecule has 1 amide bonds. The minimum absolute atomic E-state index is 0.205. The second kappa shape index (κ2) is 7.16. The molecule has 1 aliphatic heterocycles. The van der Waals surface area contributed by atoms with Crippen molar-refractivity contribution in [1.82, 2.24) is 25.3 Å². The fourth-order valence-corrected chi connectivity index (χ4v) is 1.91. The predicted octanol–water partition coefficient (Wildman–Crippen LogP) is 0.191. The monoisotopic (exact) mass is 278 g/mol. The standard InChI is InChI=1S/C13H22N6O/c1-3-4-14-12-10-15-11(9-16-12)13(20)17-19-7-5-18(2)6-8-19/h9-10H,3-8H2,1-2H3,(H,14,16)(H,17,20). The molecule has 0 saturated carbocycles. The SMILES string of the molecule is CCCNc1cnc(C(=O)NN2CCN(C)CC2)cn1. The molecule has 0 bridgehead atoms. The molecular formula is C13H22N6O. The van der Waals surface area contributed by atoms with Crippen LogP contribution in [0.2, 0.25) is 0 Å². The Kier molecular flexibility index (Phi) is 5.25. The lowest BCUT2D eigenvalue weighted by atomic mass is 10.4. The molecule has 1 saturated heterocycles. The second-order valence-corrected chi connectivity index (χ2v) is 4.94. The number of rotatable bonds is 5. The van der Waals surface area contributed by atoms with Gasteiger partial charge in [0, 0.05) is 32.7 Å². The number of amides is 1. The van der Waals surface area contributed by atoms with Gasteiger partial charge in [-0.25, -0.2) is 15.0 Å². The number of hydrogen-bond donors (Lipinski definition) is 2. The minimum atomic E-state index is -0.205. The summed E-state index contributed by atoms with van der Waals surface area (Å²) in [7, 11) is 2.08. The largest absolute Gasteiger partial charge is 0.369 e. The lowest BCUT2D eigenvalue weighted by Crippen LogP contribution is -2.52. The first-order valence-electron chi connectivity index (χ1n) is 6.99. The molecule has 0 aromatic carbocycles. The number of hydrogen-bond acceptors (Lipinski definition) is 6. The van der Waals surface area contributed by atoms with Crippen LogP contribution in [0.5, 0.6) is 0 Å². The third-order valence-corrected chi connectivity index (χ3v) is 3.20. The van der Waals surface area contributed by atoms with Gasteiger partial charge in [0.05, 0.1) is 12.4 Å². The smallest absolute Gasteiger partial charge is 0.285 e. The summed E-state index contributed by atoms with van der Waals surface area (Å²) >= 11 is 0. The number of anilines is 1. The number of nitrogens with one attached hydrogen (secondary N) is 2. The van der Waals surface area contributed by atoms with Crippen LogP contribution in [0.4, 0.5) is 5.82 Å². The molecular weight excluding hydrogens is 256 g/mol. The molecule has 1 aliphatic rings. The normalized spacial score (nSPS) is 16.9. The van der Waals surface area contributed by atoms with Crippen LogP contribution in [-0.4, -0.2) is 65.6 Å². The van der Waals surface area contributed by atoms with Gasteiger partial charge in [0.2, 0.25) is 0 Å². The van der Waals surface area contributed by atoms with Crippen molar-refractivity contribution < 1.29 is 4.79 Å². The first-order valence-corrected chi connectivity index (χ1v) is 6.99. The van der Waals surface area contributed by atoms with Gasteiger partial charge in [0.1, 0.15) is 11.5 Å². The Morgan fingerprint density at radius 1 is 1.25 bits per heavy atom. The Hall–Kier alpha value is -1.73. The fourth-order valence-electron chi connectivity index (χ4n) is 1.91. The molecule has 20 heavy (non-hydrogen) atoms. The molecule has 2 rings (SSSR count). The third-order valence-electron chi connectivity index (χ3n) is 3.20. The van der Waals surface area contributed by atoms with E-state index in [0.29, 0.717) is 11.5 Å². The van der Waals surface area contributed by atoms with Gasteiger partial charge in [0.15, 0.2) is 0 Å². The molecule has 0 unspecified atom stereocenters. The maximum absolute atomic E-state index is 12.0. The Morgan fingerprint density at radius 3 is 2.60 bits per heavy atom. The van der Waals surface area contributed by atoms with Crippen molar-refractivity contribution in [2.45, 2.75) is 13.3 Å². The maximum Gasteiger partial charge on any atom is 0.285 e. The van der Waals surface area contributed by atoms with Crippen LogP contribution < -0.4 is 10.7 Å². The Morgan fingerprint density at radius 2 is 2.00 bits per heavy atom. The van der Waals surface area contributed by atoms with Crippen LogP contribution in [-0.2, 0) is 0 Å². The average molecular weight is 278 g/mol. The van der Waals surface area contributed by atoms with E-state index in [4.69, 9.17) is 0 Å². The van der Waals surface area contributed by atoms with Gasteiger partial charge in [0.25, 0.3) is 5.91 Å². The number of nitrogens with zero attached hydrogens (tertiary/aromatic N) is 4. The topological polar surface area (TPSA) is 73.4 Å². The van der Waals surface area contributed by atoms with Crippen molar-refractivity contribution in [3.8, 4) is 0 Å². The molecule has 0 radical (unpaired) electrons. The first-order chi connectivity index (χ1) is 9.69. The van der Waals surface area contributed by atoms with E-state index >= 15 is 0 Å². The van der Waals surface area contributed by atoms with Crippen molar-refractivity contribution in [3.63, 3.8) is 0 Å². The fraction of sp³-hybridized carbons (Fsp3) is 0.615. The van der Waals surface area contributed by atoms with Crippen molar-refractivity contribution in [2.24, 2.45) is 0 Å². The highest BCUT2D eigenvalue weighted by Gasteiger charge is 2.17. The van der Waals surface area contributed by atoms with Crippen LogP contribution >= 0.6 is 0 Å². The van der Waals surface area contributed by atoms with E-state index < -0.39 is 0 Å². The third kappa shape index (κ3) is 4.14. The lowest BCUT2D eigenvalue weighted by Gasteiger charge is -2.32. The van der Waals surface area contributed by atoms with Gasteiger partial charge >= 0.3 is 0 Å². The highest BCUT2D eigenvalue weighted by atomic mass is 16.2. The van der Waals surface area contributed by atoms with E-state index in [2.05, 4.69) is 39.6 Å². The summed E-state index contributed by atoms with van der Waals surface area (Å²) in [6.07, 6.45) is 4.12. The van der Waals surface area contributed by atoms with Crippen LogP contribution in [0.1, 0.15) is 23.8 Å². The van der Waals surface area contributed by atoms with Crippen LogP contribution in [0, 0.1) is 0 Å². The predicted molar refractivity (Wildman–Crippen MR) is 77.3 cm³/mol. The zero-order chi connectivity index (χ0) is 14.4. The van der Waals surface area contributed by atoms with Crippen molar-refractivity contribution in [1.29, 1.82) is 0 Å². The summed E-state index contributed by atoms with van der Waals surface area (Å²) < 4.78 is 0. The highest BCUT2D eigenvalue weighted by molar-refractivity contribution is 5.91. The summed E-state index contributed by atoms with van der Waals surface area (Å²) in [5, 5.41) is 5.05. The molecule has 0 aliphatic carbocycles. The van der Waals surface area contributed by atoms with E-state index in [1.165, 1.54) is 6.20 Å². The van der Waals surface area contributed by atoms with Gasteiger partial charge in [-0.2, -0.15) is 0 Å². The van der Waals surface area contributed by atoms with E-state index in [-0.39, 0.29) is 5.91 Å². The number of carbonyl (C=O) groups is 1. The second-order valence-electron chi connectivity index (χ2n) is 4.94. The maximum atomic E-state index is 12.0. The quantitative estimate of drug-likeness (QED) is 0.801. The zero-order valence-electron chi connectivity index (χ0n) is 12.1. The number of likely N-dealkylation sites (N-methyl/N-ethyl adjacent to an activating group) is 1.